The van der Waals surface area contributed by atoms with E-state index in [4.69, 9.17) is 5.73 Å². The van der Waals surface area contributed by atoms with E-state index >= 15 is 0 Å². The molecule has 0 amide bonds. The van der Waals surface area contributed by atoms with Gasteiger partial charge < -0.3 is 5.73 Å². The molecule has 0 radical (unpaired) electrons. The molecule has 0 aliphatic carbocycles. The summed E-state index contributed by atoms with van der Waals surface area (Å²) >= 11 is 0. The Morgan fingerprint density at radius 2 is 2.00 bits per heavy atom. The molecular weight excluding hydrogens is 148 g/mol. The number of pyridine rings is 1. The topological polar surface area (TPSA) is 38.9 Å². The maximum absolute atomic E-state index is 5.75. The second-order valence-electron chi connectivity index (χ2n) is 2.87. The van der Waals surface area contributed by atoms with E-state index in [-0.39, 0.29) is 0 Å². The Balaban J connectivity index is 2.89. The maximum Gasteiger partial charge on any atom is 0.131 e. The number of aromatic nitrogens is 1. The highest BCUT2D eigenvalue weighted by Crippen LogP contribution is 2.19. The van der Waals surface area contributed by atoms with Crippen molar-refractivity contribution in [3.8, 4) is 0 Å². The largest absolute Gasteiger partial charge is 0.383 e. The van der Waals surface area contributed by atoms with Gasteiger partial charge in [-0.3, -0.25) is 0 Å². The van der Waals surface area contributed by atoms with Gasteiger partial charge in [-0.2, -0.15) is 0 Å². The summed E-state index contributed by atoms with van der Waals surface area (Å²) in [4.78, 5) is 4.18. The molecule has 1 aromatic carbocycles. The van der Waals surface area contributed by atoms with Gasteiger partial charge in [0.25, 0.3) is 0 Å². The minimum Gasteiger partial charge on any atom is -0.383 e. The number of rotatable bonds is 0. The van der Waals surface area contributed by atoms with Crippen molar-refractivity contribution in [1.82, 2.24) is 4.98 Å². The summed E-state index contributed by atoms with van der Waals surface area (Å²) < 4.78 is 0. The molecule has 0 fully saturated rings. The van der Waals surface area contributed by atoms with Gasteiger partial charge in [0.15, 0.2) is 0 Å². The Kier molecular flexibility index (Phi) is 1.47. The number of nitrogens with zero attached hydrogens (tertiary/aromatic N) is 1. The third-order valence-electron chi connectivity index (χ3n) is 1.90. The molecule has 0 saturated heterocycles. The molecule has 2 nitrogen and oxygen atoms in total. The first-order valence-corrected chi connectivity index (χ1v) is 3.89. The highest BCUT2D eigenvalue weighted by molar-refractivity contribution is 5.91. The third kappa shape index (κ3) is 1.01. The molecule has 2 heteroatoms. The first kappa shape index (κ1) is 7.10. The molecule has 1 heterocycles. The fourth-order valence-electron chi connectivity index (χ4n) is 1.36. The van der Waals surface area contributed by atoms with E-state index in [0.29, 0.717) is 5.82 Å². The Morgan fingerprint density at radius 1 is 1.25 bits per heavy atom. The van der Waals surface area contributed by atoms with E-state index in [1.807, 2.05) is 37.3 Å². The average Bonchev–Trinajstić information content (AvgIpc) is 2.04. The van der Waals surface area contributed by atoms with E-state index in [1.165, 1.54) is 0 Å². The maximum atomic E-state index is 5.75. The predicted octanol–water partition coefficient (Wildman–Crippen LogP) is 2.13. The van der Waals surface area contributed by atoms with Gasteiger partial charge in [-0.1, -0.05) is 24.3 Å². The van der Waals surface area contributed by atoms with Crippen LogP contribution in [0.25, 0.3) is 10.8 Å². The summed E-state index contributed by atoms with van der Waals surface area (Å²) in [6.45, 7) is 1.95. The minimum absolute atomic E-state index is 0.616. The zero-order valence-corrected chi connectivity index (χ0v) is 6.91. The van der Waals surface area contributed by atoms with Crippen LogP contribution in [0, 0.1) is 6.92 Å². The van der Waals surface area contributed by atoms with E-state index in [2.05, 4.69) is 4.98 Å². The zero-order chi connectivity index (χ0) is 8.55. The number of hydrogen-bond acceptors (Lipinski definition) is 2. The highest BCUT2D eigenvalue weighted by Gasteiger charge is 1.97. The number of benzene rings is 1. The lowest BCUT2D eigenvalue weighted by molar-refractivity contribution is 1.23. The van der Waals surface area contributed by atoms with E-state index in [0.717, 1.165) is 16.5 Å². The summed E-state index contributed by atoms with van der Waals surface area (Å²) in [5, 5.41) is 2.19. The molecule has 0 aliphatic rings. The molecule has 0 unspecified atom stereocenters. The monoisotopic (exact) mass is 158 g/mol. The Labute approximate surface area is 71.0 Å². The summed E-state index contributed by atoms with van der Waals surface area (Å²) in [7, 11) is 0. The second-order valence-corrected chi connectivity index (χ2v) is 2.87. The van der Waals surface area contributed by atoms with Crippen molar-refractivity contribution >= 4 is 16.6 Å². The number of anilines is 1. The lowest BCUT2D eigenvalue weighted by Crippen LogP contribution is -1.93. The van der Waals surface area contributed by atoms with Crippen LogP contribution in [0.1, 0.15) is 5.69 Å². The first-order valence-electron chi connectivity index (χ1n) is 3.89. The van der Waals surface area contributed by atoms with E-state index in [1.54, 1.807) is 0 Å². The molecule has 60 valence electrons. The van der Waals surface area contributed by atoms with Gasteiger partial charge in [0.05, 0.1) is 0 Å². The van der Waals surface area contributed by atoms with Gasteiger partial charge in [0.2, 0.25) is 0 Å². The van der Waals surface area contributed by atoms with Crippen LogP contribution in [0.4, 0.5) is 5.82 Å². The molecule has 2 rings (SSSR count). The van der Waals surface area contributed by atoms with Crippen LogP contribution in [0.15, 0.2) is 30.3 Å². The van der Waals surface area contributed by atoms with Crippen molar-refractivity contribution in [3.63, 3.8) is 0 Å². The fraction of sp³-hybridized carbons (Fsp3) is 0.100. The molecule has 0 saturated carbocycles. The van der Waals surface area contributed by atoms with Crippen LogP contribution in [0.5, 0.6) is 0 Å². The van der Waals surface area contributed by atoms with Crippen LogP contribution in [0.2, 0.25) is 0 Å². The number of aryl methyl sites for hydroxylation is 1. The smallest absolute Gasteiger partial charge is 0.131 e. The molecule has 0 atom stereocenters. The number of fused-ring (bicyclic) bond motifs is 1. The molecule has 2 N–H and O–H groups in total. The quantitative estimate of drug-likeness (QED) is 0.637. The summed E-state index contributed by atoms with van der Waals surface area (Å²) in [6, 6.07) is 10.0. The molecular formula is C10H10N2. The summed E-state index contributed by atoms with van der Waals surface area (Å²) in [6.07, 6.45) is 0. The van der Waals surface area contributed by atoms with Crippen molar-refractivity contribution in [2.45, 2.75) is 6.92 Å². The van der Waals surface area contributed by atoms with Gasteiger partial charge >= 0.3 is 0 Å². The lowest BCUT2D eigenvalue weighted by atomic mass is 10.1. The summed E-state index contributed by atoms with van der Waals surface area (Å²) in [5.74, 6) is 0.616. The lowest BCUT2D eigenvalue weighted by Gasteiger charge is -2.01. The zero-order valence-electron chi connectivity index (χ0n) is 6.91. The number of hydrogen-bond donors (Lipinski definition) is 1. The van der Waals surface area contributed by atoms with Crippen molar-refractivity contribution in [1.29, 1.82) is 0 Å². The Hall–Kier alpha value is -1.57. The number of nitrogens with two attached hydrogens (primary N) is 1. The van der Waals surface area contributed by atoms with E-state index < -0.39 is 0 Å². The van der Waals surface area contributed by atoms with Crippen LogP contribution in [-0.4, -0.2) is 4.98 Å². The van der Waals surface area contributed by atoms with Crippen molar-refractivity contribution in [2.24, 2.45) is 0 Å². The van der Waals surface area contributed by atoms with Crippen molar-refractivity contribution in [2.75, 3.05) is 5.73 Å². The minimum atomic E-state index is 0.616. The Bertz CT molecular complexity index is 421. The van der Waals surface area contributed by atoms with Crippen molar-refractivity contribution < 1.29 is 0 Å². The highest BCUT2D eigenvalue weighted by atomic mass is 14.8. The van der Waals surface area contributed by atoms with Crippen LogP contribution < -0.4 is 5.73 Å². The molecule has 0 aliphatic heterocycles. The normalized spacial score (nSPS) is 10.4. The number of nitrogen functional groups attached to an aromatic ring is 1. The molecule has 0 spiro atoms. The van der Waals surface area contributed by atoms with Gasteiger partial charge in [-0.15, -0.1) is 0 Å². The van der Waals surface area contributed by atoms with Gasteiger partial charge in [0.1, 0.15) is 5.82 Å². The van der Waals surface area contributed by atoms with Gasteiger partial charge in [0, 0.05) is 11.1 Å². The van der Waals surface area contributed by atoms with E-state index in [9.17, 15) is 0 Å². The van der Waals surface area contributed by atoms with Crippen molar-refractivity contribution in [3.05, 3.63) is 36.0 Å². The van der Waals surface area contributed by atoms with Crippen LogP contribution >= 0.6 is 0 Å². The molecule has 0 bridgehead atoms. The molecule has 2 aromatic rings. The fourth-order valence-corrected chi connectivity index (χ4v) is 1.36. The molecule has 1 aromatic heterocycles. The average molecular weight is 158 g/mol. The van der Waals surface area contributed by atoms with Gasteiger partial charge in [-0.25, -0.2) is 4.98 Å². The predicted molar refractivity (Wildman–Crippen MR) is 50.9 cm³/mol. The molecule has 12 heavy (non-hydrogen) atoms. The third-order valence-corrected chi connectivity index (χ3v) is 1.90. The van der Waals surface area contributed by atoms with Crippen LogP contribution in [0.3, 0.4) is 0 Å². The Morgan fingerprint density at radius 3 is 2.83 bits per heavy atom. The standard InChI is InChI=1S/C10H10N2/c1-7-6-8-4-2-3-5-9(8)10(11)12-7/h2-6H,1H3,(H2,11,12). The van der Waals surface area contributed by atoms with Gasteiger partial charge in [-0.05, 0) is 18.4 Å². The first-order chi connectivity index (χ1) is 5.77. The second kappa shape index (κ2) is 2.48. The van der Waals surface area contributed by atoms with Crippen LogP contribution in [-0.2, 0) is 0 Å². The summed E-state index contributed by atoms with van der Waals surface area (Å²) in [5.41, 5.74) is 6.71. The SMILES string of the molecule is Cc1cc2ccccc2c(N)n1.